The van der Waals surface area contributed by atoms with E-state index in [1.54, 1.807) is 0 Å². The van der Waals surface area contributed by atoms with Crippen molar-refractivity contribution in [1.29, 1.82) is 0 Å². The lowest BCUT2D eigenvalue weighted by atomic mass is 10.0. The van der Waals surface area contributed by atoms with E-state index in [4.69, 9.17) is 0 Å². The van der Waals surface area contributed by atoms with E-state index in [1.807, 2.05) is 13.8 Å². The van der Waals surface area contributed by atoms with Crippen molar-refractivity contribution in [2.45, 2.75) is 26.7 Å². The minimum atomic E-state index is -0.527. The number of rotatable bonds is 4. The fraction of sp³-hybridized carbons (Fsp3) is 0.455. The number of ketones is 1. The van der Waals surface area contributed by atoms with Gasteiger partial charge in [0.1, 0.15) is 5.69 Å². The second-order valence-electron chi connectivity index (χ2n) is 3.69. The molecule has 1 rings (SSSR count). The molecule has 0 saturated heterocycles. The summed E-state index contributed by atoms with van der Waals surface area (Å²) in [6.45, 7) is 4.06. The summed E-state index contributed by atoms with van der Waals surface area (Å²) in [5, 5.41) is 0. The standard InChI is InChI=1S/C11H14FNO/c1-8(2)5-6-10(14)11-9(12)4-3-7-13-11/h3-4,7-8H,5-6H2,1-2H3. The number of aromatic nitrogens is 1. The Labute approximate surface area is 83.2 Å². The monoisotopic (exact) mass is 195 g/mol. The predicted molar refractivity (Wildman–Crippen MR) is 52.6 cm³/mol. The summed E-state index contributed by atoms with van der Waals surface area (Å²) in [6.07, 6.45) is 2.58. The molecule has 0 aliphatic carbocycles. The van der Waals surface area contributed by atoms with Gasteiger partial charge in [0, 0.05) is 12.6 Å². The fourth-order valence-corrected chi connectivity index (χ4v) is 1.13. The van der Waals surface area contributed by atoms with E-state index in [0.29, 0.717) is 12.3 Å². The highest BCUT2D eigenvalue weighted by Gasteiger charge is 2.12. The van der Waals surface area contributed by atoms with E-state index in [1.165, 1.54) is 18.3 Å². The molecule has 14 heavy (non-hydrogen) atoms. The zero-order valence-electron chi connectivity index (χ0n) is 8.46. The van der Waals surface area contributed by atoms with Crippen molar-refractivity contribution in [3.05, 3.63) is 29.8 Å². The van der Waals surface area contributed by atoms with Crippen LogP contribution in [0, 0.1) is 11.7 Å². The Hall–Kier alpha value is -1.25. The molecule has 2 nitrogen and oxygen atoms in total. The fourth-order valence-electron chi connectivity index (χ4n) is 1.13. The molecule has 0 radical (unpaired) electrons. The first-order chi connectivity index (χ1) is 6.61. The van der Waals surface area contributed by atoms with Crippen LogP contribution < -0.4 is 0 Å². The Morgan fingerprint density at radius 1 is 1.57 bits per heavy atom. The summed E-state index contributed by atoms with van der Waals surface area (Å²) in [5.74, 6) is -0.288. The molecule has 1 aromatic rings. The normalized spacial score (nSPS) is 10.6. The van der Waals surface area contributed by atoms with Gasteiger partial charge in [-0.05, 0) is 24.5 Å². The average Bonchev–Trinajstić information content (AvgIpc) is 2.15. The summed E-state index contributed by atoms with van der Waals surface area (Å²) in [5.41, 5.74) is -0.0341. The molecule has 0 unspecified atom stereocenters. The highest BCUT2D eigenvalue weighted by Crippen LogP contribution is 2.10. The van der Waals surface area contributed by atoms with Crippen molar-refractivity contribution in [2.24, 2.45) is 5.92 Å². The lowest BCUT2D eigenvalue weighted by molar-refractivity contribution is 0.0966. The number of nitrogens with zero attached hydrogens (tertiary/aromatic N) is 1. The third kappa shape index (κ3) is 2.91. The molecule has 3 heteroatoms. The maximum Gasteiger partial charge on any atom is 0.184 e. The van der Waals surface area contributed by atoms with Gasteiger partial charge < -0.3 is 0 Å². The molecule has 0 fully saturated rings. The lowest BCUT2D eigenvalue weighted by Gasteiger charge is -2.03. The highest BCUT2D eigenvalue weighted by molar-refractivity contribution is 5.94. The van der Waals surface area contributed by atoms with Crippen molar-refractivity contribution >= 4 is 5.78 Å². The average molecular weight is 195 g/mol. The molecule has 0 atom stereocenters. The zero-order chi connectivity index (χ0) is 10.6. The van der Waals surface area contributed by atoms with Gasteiger partial charge in [-0.2, -0.15) is 0 Å². The van der Waals surface area contributed by atoms with Gasteiger partial charge in [-0.1, -0.05) is 13.8 Å². The number of hydrogen-bond donors (Lipinski definition) is 0. The molecule has 0 bridgehead atoms. The highest BCUT2D eigenvalue weighted by atomic mass is 19.1. The second-order valence-corrected chi connectivity index (χ2v) is 3.69. The first kappa shape index (κ1) is 10.8. The minimum Gasteiger partial charge on any atom is -0.292 e. The van der Waals surface area contributed by atoms with Crippen molar-refractivity contribution in [2.75, 3.05) is 0 Å². The summed E-state index contributed by atoms with van der Waals surface area (Å²) in [6, 6.07) is 2.74. The first-order valence-electron chi connectivity index (χ1n) is 4.75. The maximum absolute atomic E-state index is 13.1. The summed E-state index contributed by atoms with van der Waals surface area (Å²) in [4.78, 5) is 15.2. The van der Waals surface area contributed by atoms with E-state index in [9.17, 15) is 9.18 Å². The van der Waals surface area contributed by atoms with Crippen LogP contribution in [0.2, 0.25) is 0 Å². The number of halogens is 1. The van der Waals surface area contributed by atoms with E-state index in [0.717, 1.165) is 6.42 Å². The Morgan fingerprint density at radius 2 is 2.29 bits per heavy atom. The van der Waals surface area contributed by atoms with E-state index < -0.39 is 5.82 Å². The van der Waals surface area contributed by atoms with Gasteiger partial charge in [0.25, 0.3) is 0 Å². The topological polar surface area (TPSA) is 30.0 Å². The van der Waals surface area contributed by atoms with E-state index in [-0.39, 0.29) is 11.5 Å². The van der Waals surface area contributed by atoms with Crippen LogP contribution >= 0.6 is 0 Å². The van der Waals surface area contributed by atoms with Gasteiger partial charge in [0.05, 0.1) is 0 Å². The van der Waals surface area contributed by atoms with Gasteiger partial charge in [0.2, 0.25) is 0 Å². The SMILES string of the molecule is CC(C)CCC(=O)c1ncccc1F. The van der Waals surface area contributed by atoms with Crippen LogP contribution in [0.4, 0.5) is 4.39 Å². The molecule has 0 saturated carbocycles. The maximum atomic E-state index is 13.1. The van der Waals surface area contributed by atoms with Crippen LogP contribution in [0.15, 0.2) is 18.3 Å². The number of hydrogen-bond acceptors (Lipinski definition) is 2. The summed E-state index contributed by atoms with van der Waals surface area (Å²) in [7, 11) is 0. The molecule has 0 N–H and O–H groups in total. The number of carbonyl (C=O) groups excluding carboxylic acids is 1. The number of carbonyl (C=O) groups is 1. The smallest absolute Gasteiger partial charge is 0.184 e. The van der Waals surface area contributed by atoms with Crippen LogP contribution in [0.1, 0.15) is 37.2 Å². The predicted octanol–water partition coefficient (Wildman–Crippen LogP) is 2.84. The molecule has 0 aromatic carbocycles. The lowest BCUT2D eigenvalue weighted by Crippen LogP contribution is -2.06. The van der Waals surface area contributed by atoms with E-state index in [2.05, 4.69) is 4.98 Å². The van der Waals surface area contributed by atoms with E-state index >= 15 is 0 Å². The summed E-state index contributed by atoms with van der Waals surface area (Å²) >= 11 is 0. The third-order valence-corrected chi connectivity index (χ3v) is 1.97. The Morgan fingerprint density at radius 3 is 2.86 bits per heavy atom. The molecule has 76 valence electrons. The molecule has 0 spiro atoms. The van der Waals surface area contributed by atoms with Crippen LogP contribution in [0.5, 0.6) is 0 Å². The quantitative estimate of drug-likeness (QED) is 0.691. The first-order valence-corrected chi connectivity index (χ1v) is 4.75. The number of Topliss-reactive ketones (excluding diaryl/α,β-unsaturated/α-hetero) is 1. The third-order valence-electron chi connectivity index (χ3n) is 1.97. The van der Waals surface area contributed by atoms with Crippen LogP contribution in [-0.4, -0.2) is 10.8 Å². The largest absolute Gasteiger partial charge is 0.292 e. The molecule has 1 aromatic heterocycles. The van der Waals surface area contributed by atoms with Gasteiger partial charge >= 0.3 is 0 Å². The van der Waals surface area contributed by atoms with Crippen molar-refractivity contribution in [1.82, 2.24) is 4.98 Å². The van der Waals surface area contributed by atoms with Gasteiger partial charge in [-0.25, -0.2) is 4.39 Å². The molecule has 1 heterocycles. The van der Waals surface area contributed by atoms with Crippen molar-refractivity contribution in [3.63, 3.8) is 0 Å². The van der Waals surface area contributed by atoms with Crippen molar-refractivity contribution < 1.29 is 9.18 Å². The van der Waals surface area contributed by atoms with Gasteiger partial charge in [0.15, 0.2) is 11.6 Å². The van der Waals surface area contributed by atoms with Crippen LogP contribution in [-0.2, 0) is 0 Å². The Bertz CT molecular complexity index is 323. The Kier molecular flexibility index (Phi) is 3.74. The second kappa shape index (κ2) is 4.84. The molecule has 0 amide bonds. The molecular weight excluding hydrogens is 181 g/mol. The van der Waals surface area contributed by atoms with Gasteiger partial charge in [-0.15, -0.1) is 0 Å². The van der Waals surface area contributed by atoms with Crippen molar-refractivity contribution in [3.8, 4) is 0 Å². The number of pyridine rings is 1. The van der Waals surface area contributed by atoms with Crippen LogP contribution in [0.3, 0.4) is 0 Å². The Balaban J connectivity index is 2.65. The molecule has 0 aliphatic heterocycles. The van der Waals surface area contributed by atoms with Crippen LogP contribution in [0.25, 0.3) is 0 Å². The molecule has 0 aliphatic rings. The molecular formula is C11H14FNO. The van der Waals surface area contributed by atoms with Gasteiger partial charge in [-0.3, -0.25) is 9.78 Å². The summed E-state index contributed by atoms with van der Waals surface area (Å²) < 4.78 is 13.1. The zero-order valence-corrected chi connectivity index (χ0v) is 8.46. The minimum absolute atomic E-state index is 0.0341.